The summed E-state index contributed by atoms with van der Waals surface area (Å²) in [6.07, 6.45) is 3.43. The summed E-state index contributed by atoms with van der Waals surface area (Å²) in [5.74, 6) is 1.11. The van der Waals surface area contributed by atoms with Gasteiger partial charge >= 0.3 is 0 Å². The SMILES string of the molecule is COc1ccc2nc(N(Cc3cccnc3)C(=O)COc3ccc(Cl)cc3)sc2c1. The lowest BCUT2D eigenvalue weighted by molar-refractivity contribution is -0.120. The first-order chi connectivity index (χ1) is 14.6. The average molecular weight is 440 g/mol. The highest BCUT2D eigenvalue weighted by atomic mass is 35.5. The number of amides is 1. The van der Waals surface area contributed by atoms with Gasteiger partial charge in [0.15, 0.2) is 11.7 Å². The van der Waals surface area contributed by atoms with Crippen LogP contribution in [-0.2, 0) is 11.3 Å². The van der Waals surface area contributed by atoms with E-state index in [1.165, 1.54) is 11.3 Å². The van der Waals surface area contributed by atoms with Gasteiger partial charge in [-0.05, 0) is 54.1 Å². The van der Waals surface area contributed by atoms with Gasteiger partial charge in [0.2, 0.25) is 0 Å². The van der Waals surface area contributed by atoms with E-state index in [0.29, 0.717) is 22.4 Å². The predicted octanol–water partition coefficient (Wildman–Crippen LogP) is 4.97. The van der Waals surface area contributed by atoms with E-state index in [1.807, 2.05) is 30.3 Å². The molecule has 152 valence electrons. The number of methoxy groups -OCH3 is 1. The minimum Gasteiger partial charge on any atom is -0.497 e. The van der Waals surface area contributed by atoms with Crippen molar-refractivity contribution in [3.63, 3.8) is 0 Å². The molecule has 0 atom stereocenters. The van der Waals surface area contributed by atoms with Gasteiger partial charge in [-0.1, -0.05) is 29.0 Å². The average Bonchev–Trinajstić information content (AvgIpc) is 3.20. The number of ether oxygens (including phenoxy) is 2. The monoisotopic (exact) mass is 439 g/mol. The second-order valence-electron chi connectivity index (χ2n) is 6.41. The van der Waals surface area contributed by atoms with E-state index in [1.54, 1.807) is 48.7 Å². The van der Waals surface area contributed by atoms with Gasteiger partial charge < -0.3 is 9.47 Å². The number of benzene rings is 2. The Morgan fingerprint density at radius 1 is 1.13 bits per heavy atom. The Bertz CT molecular complexity index is 1150. The molecule has 1 amide bonds. The Morgan fingerprint density at radius 2 is 1.93 bits per heavy atom. The Morgan fingerprint density at radius 3 is 2.67 bits per heavy atom. The summed E-state index contributed by atoms with van der Waals surface area (Å²) in [6, 6.07) is 16.3. The van der Waals surface area contributed by atoms with Gasteiger partial charge in [-0.25, -0.2) is 4.98 Å². The summed E-state index contributed by atoms with van der Waals surface area (Å²) < 4.78 is 11.9. The highest BCUT2D eigenvalue weighted by molar-refractivity contribution is 7.22. The van der Waals surface area contributed by atoms with Gasteiger partial charge in [0, 0.05) is 17.4 Å². The standard InChI is InChI=1S/C22H18ClN3O3S/c1-28-18-8-9-19-20(11-18)30-22(25-19)26(13-15-3-2-10-24-12-15)21(27)14-29-17-6-4-16(23)5-7-17/h2-12H,13-14H2,1H3. The van der Waals surface area contributed by atoms with Crippen LogP contribution in [0.1, 0.15) is 5.56 Å². The molecule has 0 saturated heterocycles. The maximum atomic E-state index is 13.1. The predicted molar refractivity (Wildman–Crippen MR) is 119 cm³/mol. The Labute approximate surface area is 182 Å². The maximum absolute atomic E-state index is 13.1. The molecule has 6 nitrogen and oxygen atoms in total. The highest BCUT2D eigenvalue weighted by Crippen LogP contribution is 2.32. The third-order valence-corrected chi connectivity index (χ3v) is 5.65. The number of carbonyl (C=O) groups excluding carboxylic acids is 1. The van der Waals surface area contributed by atoms with Crippen molar-refractivity contribution in [1.29, 1.82) is 0 Å². The van der Waals surface area contributed by atoms with Crippen molar-refractivity contribution >= 4 is 44.2 Å². The quantitative estimate of drug-likeness (QED) is 0.407. The lowest BCUT2D eigenvalue weighted by Gasteiger charge is -2.20. The first kappa shape index (κ1) is 20.1. The smallest absolute Gasteiger partial charge is 0.267 e. The molecule has 0 aliphatic rings. The van der Waals surface area contributed by atoms with Gasteiger partial charge in [-0.3, -0.25) is 14.7 Å². The molecule has 2 heterocycles. The molecular formula is C22H18ClN3O3S. The first-order valence-electron chi connectivity index (χ1n) is 9.14. The summed E-state index contributed by atoms with van der Waals surface area (Å²) in [5.41, 5.74) is 1.70. The lowest BCUT2D eigenvalue weighted by atomic mass is 10.2. The fourth-order valence-corrected chi connectivity index (χ4v) is 3.96. The molecule has 0 aliphatic carbocycles. The van der Waals surface area contributed by atoms with E-state index in [4.69, 9.17) is 21.1 Å². The van der Waals surface area contributed by atoms with Crippen molar-refractivity contribution < 1.29 is 14.3 Å². The zero-order valence-electron chi connectivity index (χ0n) is 16.1. The van der Waals surface area contributed by atoms with Crippen LogP contribution in [0.5, 0.6) is 11.5 Å². The molecule has 0 aliphatic heterocycles. The van der Waals surface area contributed by atoms with Gasteiger partial charge in [-0.15, -0.1) is 0 Å². The van der Waals surface area contributed by atoms with E-state index in [-0.39, 0.29) is 12.5 Å². The normalized spacial score (nSPS) is 10.7. The minimum absolute atomic E-state index is 0.124. The number of aromatic nitrogens is 2. The van der Waals surface area contributed by atoms with E-state index >= 15 is 0 Å². The molecule has 30 heavy (non-hydrogen) atoms. The Balaban J connectivity index is 1.60. The maximum Gasteiger partial charge on any atom is 0.267 e. The molecule has 2 aromatic heterocycles. The third kappa shape index (κ3) is 4.69. The first-order valence-corrected chi connectivity index (χ1v) is 10.3. The molecule has 4 aromatic rings. The second kappa shape index (κ2) is 9.11. The number of carbonyl (C=O) groups is 1. The third-order valence-electron chi connectivity index (χ3n) is 4.36. The minimum atomic E-state index is -0.208. The van der Waals surface area contributed by atoms with Crippen molar-refractivity contribution in [2.75, 3.05) is 18.6 Å². The van der Waals surface area contributed by atoms with E-state index in [0.717, 1.165) is 21.5 Å². The van der Waals surface area contributed by atoms with Crippen LogP contribution < -0.4 is 14.4 Å². The van der Waals surface area contributed by atoms with Crippen molar-refractivity contribution in [2.45, 2.75) is 6.54 Å². The van der Waals surface area contributed by atoms with Crippen LogP contribution in [0.2, 0.25) is 5.02 Å². The molecule has 0 spiro atoms. The van der Waals surface area contributed by atoms with Gasteiger partial charge in [0.1, 0.15) is 11.5 Å². The van der Waals surface area contributed by atoms with Crippen LogP contribution in [0, 0.1) is 0 Å². The Kier molecular flexibility index (Phi) is 6.11. The van der Waals surface area contributed by atoms with Crippen LogP contribution in [-0.4, -0.2) is 29.6 Å². The Hall–Kier alpha value is -3.16. The molecule has 0 fully saturated rings. The van der Waals surface area contributed by atoms with Gasteiger partial charge in [0.05, 0.1) is 23.9 Å². The lowest BCUT2D eigenvalue weighted by Crippen LogP contribution is -2.34. The molecule has 0 saturated carbocycles. The molecule has 8 heteroatoms. The number of pyridine rings is 1. The van der Waals surface area contributed by atoms with E-state index in [9.17, 15) is 4.79 Å². The van der Waals surface area contributed by atoms with Crippen molar-refractivity contribution in [3.05, 3.63) is 77.6 Å². The van der Waals surface area contributed by atoms with Crippen LogP contribution >= 0.6 is 22.9 Å². The van der Waals surface area contributed by atoms with Crippen LogP contribution in [0.3, 0.4) is 0 Å². The zero-order chi connectivity index (χ0) is 20.9. The van der Waals surface area contributed by atoms with Gasteiger partial charge in [0.25, 0.3) is 5.91 Å². The fourth-order valence-electron chi connectivity index (χ4n) is 2.83. The fraction of sp³-hybridized carbons (Fsp3) is 0.136. The summed E-state index contributed by atoms with van der Waals surface area (Å²) in [4.78, 5) is 23.5. The molecule has 0 radical (unpaired) electrons. The topological polar surface area (TPSA) is 64.5 Å². The number of anilines is 1. The van der Waals surface area contributed by atoms with Gasteiger partial charge in [-0.2, -0.15) is 0 Å². The summed E-state index contributed by atoms with van der Waals surface area (Å²) in [5, 5.41) is 1.20. The van der Waals surface area contributed by atoms with E-state index in [2.05, 4.69) is 9.97 Å². The van der Waals surface area contributed by atoms with Crippen LogP contribution in [0.25, 0.3) is 10.2 Å². The van der Waals surface area contributed by atoms with Crippen LogP contribution in [0.4, 0.5) is 5.13 Å². The van der Waals surface area contributed by atoms with Crippen molar-refractivity contribution in [3.8, 4) is 11.5 Å². The zero-order valence-corrected chi connectivity index (χ0v) is 17.7. The number of hydrogen-bond acceptors (Lipinski definition) is 6. The number of rotatable bonds is 7. The second-order valence-corrected chi connectivity index (χ2v) is 7.86. The molecule has 2 aromatic carbocycles. The van der Waals surface area contributed by atoms with E-state index < -0.39 is 0 Å². The number of halogens is 1. The number of thiazole rings is 1. The van der Waals surface area contributed by atoms with Crippen molar-refractivity contribution in [1.82, 2.24) is 9.97 Å². The molecule has 0 N–H and O–H groups in total. The number of nitrogens with zero attached hydrogens (tertiary/aromatic N) is 3. The molecule has 4 rings (SSSR count). The summed E-state index contributed by atoms with van der Waals surface area (Å²) in [6.45, 7) is 0.217. The summed E-state index contributed by atoms with van der Waals surface area (Å²) >= 11 is 7.33. The molecule has 0 bridgehead atoms. The number of fused-ring (bicyclic) bond motifs is 1. The number of hydrogen-bond donors (Lipinski definition) is 0. The highest BCUT2D eigenvalue weighted by Gasteiger charge is 2.21. The molecule has 0 unspecified atom stereocenters. The van der Waals surface area contributed by atoms with Crippen molar-refractivity contribution in [2.24, 2.45) is 0 Å². The van der Waals surface area contributed by atoms with Crippen LogP contribution in [0.15, 0.2) is 67.0 Å². The molecular weight excluding hydrogens is 422 g/mol. The largest absolute Gasteiger partial charge is 0.497 e. The summed E-state index contributed by atoms with van der Waals surface area (Å²) in [7, 11) is 1.62.